The number of carbonyl (C=O) groups is 1. The molecule has 0 aromatic carbocycles. The second-order valence-electron chi connectivity index (χ2n) is 5.67. The van der Waals surface area contributed by atoms with Gasteiger partial charge in [-0.15, -0.1) is 0 Å². The van der Waals surface area contributed by atoms with E-state index in [0.29, 0.717) is 25.3 Å². The summed E-state index contributed by atoms with van der Waals surface area (Å²) in [6.07, 6.45) is 16.5. The molecule has 0 radical (unpaired) electrons. The maximum atomic E-state index is 10.8. The van der Waals surface area contributed by atoms with Gasteiger partial charge in [-0.25, -0.2) is 4.98 Å². The Balaban J connectivity index is 1.72. The molecule has 2 N–H and O–H groups in total. The third-order valence-electron chi connectivity index (χ3n) is 4.01. The van der Waals surface area contributed by atoms with Crippen LogP contribution in [0.2, 0.25) is 0 Å². The molecule has 1 aliphatic carbocycles. The summed E-state index contributed by atoms with van der Waals surface area (Å²) in [6, 6.07) is 0. The third kappa shape index (κ3) is 3.27. The Hall–Kier alpha value is -2.37. The van der Waals surface area contributed by atoms with E-state index in [2.05, 4.69) is 26.8 Å². The van der Waals surface area contributed by atoms with Gasteiger partial charge < -0.3 is 10.3 Å². The molecule has 6 nitrogen and oxygen atoms in total. The number of allylic oxidation sites excluding steroid dienone is 2. The Kier molecular flexibility index (Phi) is 4.37. The molecule has 1 aliphatic rings. The summed E-state index contributed by atoms with van der Waals surface area (Å²) in [7, 11) is 0. The monoisotopic (exact) mass is 299 g/mol. The zero-order chi connectivity index (χ0) is 15.4. The summed E-state index contributed by atoms with van der Waals surface area (Å²) in [5, 5.41) is 4.36. The van der Waals surface area contributed by atoms with Crippen molar-refractivity contribution in [1.82, 2.24) is 19.3 Å². The Morgan fingerprint density at radius 1 is 1.41 bits per heavy atom. The molecule has 0 spiro atoms. The van der Waals surface area contributed by atoms with Gasteiger partial charge in [-0.05, 0) is 25.7 Å². The van der Waals surface area contributed by atoms with Gasteiger partial charge >= 0.3 is 0 Å². The molecule has 1 unspecified atom stereocenters. The Morgan fingerprint density at radius 3 is 3.09 bits per heavy atom. The van der Waals surface area contributed by atoms with E-state index in [-0.39, 0.29) is 5.91 Å². The van der Waals surface area contributed by atoms with Crippen molar-refractivity contribution in [2.45, 2.75) is 44.6 Å². The van der Waals surface area contributed by atoms with Gasteiger partial charge in [-0.1, -0.05) is 12.2 Å². The van der Waals surface area contributed by atoms with Crippen molar-refractivity contribution in [3.63, 3.8) is 0 Å². The number of amides is 1. The fourth-order valence-corrected chi connectivity index (χ4v) is 2.88. The zero-order valence-corrected chi connectivity index (χ0v) is 12.6. The molecule has 2 heterocycles. The summed E-state index contributed by atoms with van der Waals surface area (Å²) in [5.74, 6) is 1.30. The van der Waals surface area contributed by atoms with E-state index in [0.717, 1.165) is 30.8 Å². The van der Waals surface area contributed by atoms with E-state index in [9.17, 15) is 4.79 Å². The molecule has 2 aromatic heterocycles. The largest absolute Gasteiger partial charge is 0.370 e. The minimum absolute atomic E-state index is 0.269. The van der Waals surface area contributed by atoms with Gasteiger partial charge in [0.2, 0.25) is 5.91 Å². The van der Waals surface area contributed by atoms with Crippen LogP contribution in [0.4, 0.5) is 0 Å². The lowest BCUT2D eigenvalue weighted by molar-refractivity contribution is -0.118. The highest BCUT2D eigenvalue weighted by Gasteiger charge is 2.18. The van der Waals surface area contributed by atoms with Crippen molar-refractivity contribution in [1.29, 1.82) is 0 Å². The van der Waals surface area contributed by atoms with Gasteiger partial charge in [-0.3, -0.25) is 9.48 Å². The van der Waals surface area contributed by atoms with Gasteiger partial charge in [0.15, 0.2) is 0 Å². The average molecular weight is 299 g/mol. The number of aromatic nitrogens is 4. The number of hydrogen-bond donors (Lipinski definition) is 1. The number of rotatable bonds is 6. The van der Waals surface area contributed by atoms with Crippen LogP contribution in [0.1, 0.15) is 43.8 Å². The average Bonchev–Trinajstić information content (AvgIpc) is 3.16. The zero-order valence-electron chi connectivity index (χ0n) is 12.6. The van der Waals surface area contributed by atoms with Gasteiger partial charge in [-0.2, -0.15) is 5.10 Å². The van der Waals surface area contributed by atoms with Crippen LogP contribution in [0, 0.1) is 0 Å². The number of hydrogen-bond acceptors (Lipinski definition) is 3. The van der Waals surface area contributed by atoms with Gasteiger partial charge in [0, 0.05) is 37.5 Å². The first-order chi connectivity index (χ1) is 10.7. The summed E-state index contributed by atoms with van der Waals surface area (Å²) >= 11 is 0. The number of carbonyl (C=O) groups excluding carboxylic acids is 1. The van der Waals surface area contributed by atoms with Crippen LogP contribution < -0.4 is 5.73 Å². The highest BCUT2D eigenvalue weighted by Crippen LogP contribution is 2.29. The SMILES string of the molecule is NC(=O)CCCn1cc(-n2ccnc2C2CC=CCC2)cn1. The molecule has 0 fully saturated rings. The summed E-state index contributed by atoms with van der Waals surface area (Å²) < 4.78 is 3.96. The standard InChI is InChI=1S/C16H21N5O/c17-15(22)7-4-9-20-12-14(11-19-20)21-10-8-18-16(21)13-5-2-1-3-6-13/h1-2,8,10-13H,3-7,9H2,(H2,17,22). The lowest BCUT2D eigenvalue weighted by atomic mass is 9.93. The van der Waals surface area contributed by atoms with Crippen molar-refractivity contribution in [3.05, 3.63) is 42.8 Å². The van der Waals surface area contributed by atoms with Gasteiger partial charge in [0.05, 0.1) is 11.9 Å². The number of primary amides is 1. The molecular formula is C16H21N5O. The molecule has 116 valence electrons. The summed E-state index contributed by atoms with van der Waals surface area (Å²) in [6.45, 7) is 0.694. The normalized spacial score (nSPS) is 17.7. The van der Waals surface area contributed by atoms with Crippen LogP contribution >= 0.6 is 0 Å². The molecule has 0 aliphatic heterocycles. The molecular weight excluding hydrogens is 278 g/mol. The van der Waals surface area contributed by atoms with E-state index in [1.165, 1.54) is 0 Å². The summed E-state index contributed by atoms with van der Waals surface area (Å²) in [4.78, 5) is 15.3. The first-order valence-electron chi connectivity index (χ1n) is 7.73. The molecule has 22 heavy (non-hydrogen) atoms. The summed E-state index contributed by atoms with van der Waals surface area (Å²) in [5.41, 5.74) is 6.17. The quantitative estimate of drug-likeness (QED) is 0.830. The van der Waals surface area contributed by atoms with Gasteiger partial charge in [0.1, 0.15) is 5.82 Å². The number of imidazole rings is 1. The van der Waals surface area contributed by atoms with Crippen molar-refractivity contribution < 1.29 is 4.79 Å². The lowest BCUT2D eigenvalue weighted by Gasteiger charge is -2.18. The molecule has 0 saturated carbocycles. The smallest absolute Gasteiger partial charge is 0.217 e. The number of aryl methyl sites for hydroxylation is 1. The van der Waals surface area contributed by atoms with Crippen LogP contribution in [0.15, 0.2) is 36.9 Å². The van der Waals surface area contributed by atoms with Crippen LogP contribution in [-0.4, -0.2) is 25.2 Å². The van der Waals surface area contributed by atoms with Crippen LogP contribution in [0.3, 0.4) is 0 Å². The molecule has 1 amide bonds. The predicted molar refractivity (Wildman–Crippen MR) is 83.5 cm³/mol. The minimum Gasteiger partial charge on any atom is -0.370 e. The second kappa shape index (κ2) is 6.60. The topological polar surface area (TPSA) is 78.7 Å². The van der Waals surface area contributed by atoms with Gasteiger partial charge in [0.25, 0.3) is 0 Å². The molecule has 0 saturated heterocycles. The second-order valence-corrected chi connectivity index (χ2v) is 5.67. The van der Waals surface area contributed by atoms with Crippen molar-refractivity contribution in [2.75, 3.05) is 0 Å². The maximum absolute atomic E-state index is 10.8. The first kappa shape index (κ1) is 14.6. The van der Waals surface area contributed by atoms with E-state index >= 15 is 0 Å². The fraction of sp³-hybridized carbons (Fsp3) is 0.438. The Bertz CT molecular complexity index is 670. The number of nitrogens with two attached hydrogens (primary N) is 1. The van der Waals surface area contributed by atoms with Crippen LogP contribution in [-0.2, 0) is 11.3 Å². The fourth-order valence-electron chi connectivity index (χ4n) is 2.88. The highest BCUT2D eigenvalue weighted by atomic mass is 16.1. The highest BCUT2D eigenvalue weighted by molar-refractivity contribution is 5.73. The molecule has 6 heteroatoms. The first-order valence-corrected chi connectivity index (χ1v) is 7.73. The van der Waals surface area contributed by atoms with Crippen LogP contribution in [0.25, 0.3) is 5.69 Å². The van der Waals surface area contributed by atoms with Crippen molar-refractivity contribution in [3.8, 4) is 5.69 Å². The van der Waals surface area contributed by atoms with Crippen molar-refractivity contribution in [2.24, 2.45) is 5.73 Å². The number of nitrogens with zero attached hydrogens (tertiary/aromatic N) is 4. The van der Waals surface area contributed by atoms with E-state index in [1.54, 1.807) is 0 Å². The Morgan fingerprint density at radius 2 is 2.32 bits per heavy atom. The molecule has 3 rings (SSSR count). The van der Waals surface area contributed by atoms with Crippen LogP contribution in [0.5, 0.6) is 0 Å². The lowest BCUT2D eigenvalue weighted by Crippen LogP contribution is -2.11. The molecule has 2 aromatic rings. The Labute approximate surface area is 129 Å². The molecule has 0 bridgehead atoms. The van der Waals surface area contributed by atoms with E-state index < -0.39 is 0 Å². The minimum atomic E-state index is -0.269. The maximum Gasteiger partial charge on any atom is 0.217 e. The predicted octanol–water partition coefficient (Wildman–Crippen LogP) is 2.16. The van der Waals surface area contributed by atoms with Crippen molar-refractivity contribution >= 4 is 5.91 Å². The third-order valence-corrected chi connectivity index (χ3v) is 4.01. The molecule has 1 atom stereocenters. The van der Waals surface area contributed by atoms with E-state index in [4.69, 9.17) is 5.73 Å². The van der Waals surface area contributed by atoms with E-state index in [1.807, 2.05) is 29.5 Å².